The van der Waals surface area contributed by atoms with Crippen LogP contribution in [-0.4, -0.2) is 18.3 Å². The van der Waals surface area contributed by atoms with Crippen LogP contribution in [0.3, 0.4) is 0 Å². The third-order valence-corrected chi connectivity index (χ3v) is 4.08. The van der Waals surface area contributed by atoms with Crippen LogP contribution in [0.15, 0.2) is 18.2 Å². The van der Waals surface area contributed by atoms with Crippen molar-refractivity contribution in [3.05, 3.63) is 35.1 Å². The van der Waals surface area contributed by atoms with Gasteiger partial charge in [0.05, 0.1) is 0 Å². The lowest BCUT2D eigenvalue weighted by Gasteiger charge is -2.18. The van der Waals surface area contributed by atoms with E-state index in [-0.39, 0.29) is 5.82 Å². The summed E-state index contributed by atoms with van der Waals surface area (Å²) in [6.07, 6.45) is 3.59. The van der Waals surface area contributed by atoms with Crippen molar-refractivity contribution >= 4 is 0 Å². The smallest absolute Gasteiger partial charge is 0.123 e. The molecule has 0 saturated heterocycles. The van der Waals surface area contributed by atoms with Crippen molar-refractivity contribution in [1.29, 1.82) is 0 Å². The molecule has 18 heavy (non-hydrogen) atoms. The van der Waals surface area contributed by atoms with E-state index < -0.39 is 0 Å². The molecule has 2 nitrogen and oxygen atoms in total. The molecular formula is C15H22FNO. The standard InChI is InChI=1S/C15H22FNO/c1-11-7-15(16)6-5-12(11)8-17-9-13-3-2-4-14(13)10-18/h5-7,13-14,17-18H,2-4,8-10H2,1H3. The summed E-state index contributed by atoms with van der Waals surface area (Å²) in [7, 11) is 0. The molecule has 1 saturated carbocycles. The van der Waals surface area contributed by atoms with Gasteiger partial charge in [0.15, 0.2) is 0 Å². The van der Waals surface area contributed by atoms with Crippen molar-refractivity contribution in [2.24, 2.45) is 11.8 Å². The molecule has 0 radical (unpaired) electrons. The Hall–Kier alpha value is -0.930. The maximum absolute atomic E-state index is 13.0. The Morgan fingerprint density at radius 1 is 1.33 bits per heavy atom. The SMILES string of the molecule is Cc1cc(F)ccc1CNCC1CCCC1CO. The Bertz CT molecular complexity index is 394. The van der Waals surface area contributed by atoms with E-state index in [4.69, 9.17) is 0 Å². The lowest BCUT2D eigenvalue weighted by Crippen LogP contribution is -2.26. The molecule has 1 aliphatic rings. The normalized spacial score (nSPS) is 23.5. The quantitative estimate of drug-likeness (QED) is 0.843. The van der Waals surface area contributed by atoms with Crippen LogP contribution in [0.4, 0.5) is 4.39 Å². The number of aliphatic hydroxyl groups is 1. The predicted molar refractivity (Wildman–Crippen MR) is 70.8 cm³/mol. The predicted octanol–water partition coefficient (Wildman–Crippen LogP) is 2.63. The van der Waals surface area contributed by atoms with Crippen LogP contribution >= 0.6 is 0 Å². The summed E-state index contributed by atoms with van der Waals surface area (Å²) >= 11 is 0. The summed E-state index contributed by atoms with van der Waals surface area (Å²) in [6.45, 7) is 3.97. The van der Waals surface area contributed by atoms with E-state index in [9.17, 15) is 9.50 Å². The zero-order valence-corrected chi connectivity index (χ0v) is 11.0. The maximum Gasteiger partial charge on any atom is 0.123 e. The van der Waals surface area contributed by atoms with Gasteiger partial charge >= 0.3 is 0 Å². The van der Waals surface area contributed by atoms with Crippen molar-refractivity contribution in [2.75, 3.05) is 13.2 Å². The largest absolute Gasteiger partial charge is 0.396 e. The summed E-state index contributed by atoms with van der Waals surface area (Å²) < 4.78 is 13.0. The van der Waals surface area contributed by atoms with Crippen LogP contribution in [0.2, 0.25) is 0 Å². The number of benzene rings is 1. The van der Waals surface area contributed by atoms with E-state index in [0.29, 0.717) is 18.4 Å². The highest BCUT2D eigenvalue weighted by atomic mass is 19.1. The number of hydrogen-bond acceptors (Lipinski definition) is 2. The van der Waals surface area contributed by atoms with Crippen LogP contribution in [0.5, 0.6) is 0 Å². The van der Waals surface area contributed by atoms with Gasteiger partial charge < -0.3 is 10.4 Å². The summed E-state index contributed by atoms with van der Waals surface area (Å²) in [4.78, 5) is 0. The molecule has 0 aromatic heterocycles. The maximum atomic E-state index is 13.0. The van der Waals surface area contributed by atoms with Gasteiger partial charge in [-0.25, -0.2) is 4.39 Å². The summed E-state index contributed by atoms with van der Waals surface area (Å²) in [5.41, 5.74) is 2.14. The molecule has 1 aliphatic carbocycles. The fourth-order valence-electron chi connectivity index (χ4n) is 2.87. The first kappa shape index (κ1) is 13.5. The molecule has 2 unspecified atom stereocenters. The lowest BCUT2D eigenvalue weighted by molar-refractivity contribution is 0.192. The fraction of sp³-hybridized carbons (Fsp3) is 0.600. The van der Waals surface area contributed by atoms with E-state index in [1.165, 1.54) is 18.9 Å². The third kappa shape index (κ3) is 3.30. The topological polar surface area (TPSA) is 32.3 Å². The van der Waals surface area contributed by atoms with Crippen LogP contribution < -0.4 is 5.32 Å². The monoisotopic (exact) mass is 251 g/mol. The Morgan fingerprint density at radius 2 is 2.11 bits per heavy atom. The molecule has 2 rings (SSSR count). The van der Waals surface area contributed by atoms with Gasteiger partial charge in [-0.1, -0.05) is 12.5 Å². The third-order valence-electron chi connectivity index (χ3n) is 4.08. The second kappa shape index (κ2) is 6.30. The van der Waals surface area contributed by atoms with E-state index in [2.05, 4.69) is 5.32 Å². The molecule has 100 valence electrons. The van der Waals surface area contributed by atoms with Gasteiger partial charge in [0.2, 0.25) is 0 Å². The van der Waals surface area contributed by atoms with Gasteiger partial charge in [-0.2, -0.15) is 0 Å². The van der Waals surface area contributed by atoms with Crippen molar-refractivity contribution in [3.63, 3.8) is 0 Å². The summed E-state index contributed by atoms with van der Waals surface area (Å²) in [5, 5.41) is 12.7. The molecular weight excluding hydrogens is 229 g/mol. The minimum absolute atomic E-state index is 0.174. The van der Waals surface area contributed by atoms with E-state index in [0.717, 1.165) is 30.6 Å². The molecule has 0 bridgehead atoms. The second-order valence-corrected chi connectivity index (χ2v) is 5.34. The Morgan fingerprint density at radius 3 is 2.83 bits per heavy atom. The zero-order valence-electron chi connectivity index (χ0n) is 11.0. The molecule has 1 aromatic carbocycles. The Labute approximate surface area is 108 Å². The Balaban J connectivity index is 1.81. The minimum atomic E-state index is -0.174. The Kier molecular flexibility index (Phi) is 4.72. The van der Waals surface area contributed by atoms with Gasteiger partial charge in [-0.3, -0.25) is 0 Å². The van der Waals surface area contributed by atoms with E-state index in [1.807, 2.05) is 13.0 Å². The highest BCUT2D eigenvalue weighted by Gasteiger charge is 2.25. The van der Waals surface area contributed by atoms with Crippen LogP contribution in [0.1, 0.15) is 30.4 Å². The number of aryl methyl sites for hydroxylation is 1. The molecule has 0 heterocycles. The highest BCUT2D eigenvalue weighted by molar-refractivity contribution is 5.26. The lowest BCUT2D eigenvalue weighted by atomic mass is 9.97. The first-order valence-electron chi connectivity index (χ1n) is 6.77. The average molecular weight is 251 g/mol. The van der Waals surface area contributed by atoms with Gasteiger partial charge in [-0.05, 0) is 61.4 Å². The van der Waals surface area contributed by atoms with Crippen molar-refractivity contribution in [3.8, 4) is 0 Å². The van der Waals surface area contributed by atoms with Crippen molar-refractivity contribution in [1.82, 2.24) is 5.32 Å². The number of rotatable bonds is 5. The molecule has 0 amide bonds. The van der Waals surface area contributed by atoms with Crippen LogP contribution in [0, 0.1) is 24.6 Å². The van der Waals surface area contributed by atoms with Crippen LogP contribution in [0.25, 0.3) is 0 Å². The minimum Gasteiger partial charge on any atom is -0.396 e. The summed E-state index contributed by atoms with van der Waals surface area (Å²) in [5.74, 6) is 0.884. The fourth-order valence-corrected chi connectivity index (χ4v) is 2.87. The molecule has 0 spiro atoms. The van der Waals surface area contributed by atoms with Gasteiger partial charge in [0.1, 0.15) is 5.82 Å². The molecule has 0 aliphatic heterocycles. The van der Waals surface area contributed by atoms with Gasteiger partial charge in [0, 0.05) is 13.2 Å². The molecule has 3 heteroatoms. The van der Waals surface area contributed by atoms with E-state index >= 15 is 0 Å². The van der Waals surface area contributed by atoms with Gasteiger partial charge in [-0.15, -0.1) is 0 Å². The first-order chi connectivity index (χ1) is 8.70. The average Bonchev–Trinajstić information content (AvgIpc) is 2.79. The molecule has 1 aromatic rings. The van der Waals surface area contributed by atoms with Crippen molar-refractivity contribution in [2.45, 2.75) is 32.7 Å². The second-order valence-electron chi connectivity index (χ2n) is 5.34. The van der Waals surface area contributed by atoms with E-state index in [1.54, 1.807) is 6.07 Å². The highest BCUT2D eigenvalue weighted by Crippen LogP contribution is 2.30. The van der Waals surface area contributed by atoms with Crippen molar-refractivity contribution < 1.29 is 9.50 Å². The number of hydrogen-bond donors (Lipinski definition) is 2. The van der Waals surface area contributed by atoms with Gasteiger partial charge in [0.25, 0.3) is 0 Å². The number of nitrogens with one attached hydrogen (secondary N) is 1. The number of halogens is 1. The molecule has 2 N–H and O–H groups in total. The first-order valence-corrected chi connectivity index (χ1v) is 6.77. The number of aliphatic hydroxyl groups excluding tert-OH is 1. The zero-order chi connectivity index (χ0) is 13.0. The van der Waals surface area contributed by atoms with Crippen LogP contribution in [-0.2, 0) is 6.54 Å². The molecule has 2 atom stereocenters. The summed E-state index contributed by atoms with van der Waals surface area (Å²) in [6, 6.07) is 4.93. The molecule has 1 fully saturated rings.